The number of hydrogen-bond acceptors (Lipinski definition) is 3. The zero-order valence-electron chi connectivity index (χ0n) is 22.6. The molecule has 0 bridgehead atoms. The second-order valence-electron chi connectivity index (χ2n) is 9.72. The molecule has 0 aliphatic rings. The summed E-state index contributed by atoms with van der Waals surface area (Å²) in [5, 5.41) is 12.8. The predicted octanol–water partition coefficient (Wildman–Crippen LogP) is 7.71. The first kappa shape index (κ1) is 27.7. The maximum atomic E-state index is 12.9. The number of benzene rings is 3. The van der Waals surface area contributed by atoms with E-state index in [4.69, 9.17) is 9.84 Å². The van der Waals surface area contributed by atoms with Gasteiger partial charge in [0.15, 0.2) is 0 Å². The second kappa shape index (κ2) is 13.5. The number of ether oxygens (including phenoxy) is 1. The van der Waals surface area contributed by atoms with Crippen LogP contribution in [0.2, 0.25) is 0 Å². The molecule has 3 aromatic carbocycles. The standard InChI is InChI=1S/C33H36N2O4/c1-3-4-14-29(25-11-6-5-7-12-25)35-20-19-27-23-26(17-18-30(27)35)24(2)22-32(36)34-28-13-8-9-15-31(28)39-21-10-16-33(37)38/h5-9,11-13,15,17-20,22-23,29H,3-4,10,14,16,21H2,1-2H3,(H,34,36)(H,37,38)/b24-22+. The Morgan fingerprint density at radius 2 is 1.77 bits per heavy atom. The number of aliphatic carboxylic acids is 1. The molecule has 4 rings (SSSR count). The lowest BCUT2D eigenvalue weighted by atomic mass is 10.0. The van der Waals surface area contributed by atoms with Gasteiger partial charge in [-0.2, -0.15) is 0 Å². The van der Waals surface area contributed by atoms with E-state index in [2.05, 4.69) is 77.6 Å². The van der Waals surface area contributed by atoms with Crippen molar-refractivity contribution in [2.24, 2.45) is 0 Å². The van der Waals surface area contributed by atoms with Gasteiger partial charge in [-0.1, -0.05) is 68.3 Å². The summed E-state index contributed by atoms with van der Waals surface area (Å²) in [6.07, 6.45) is 7.58. The molecule has 202 valence electrons. The van der Waals surface area contributed by atoms with Crippen molar-refractivity contribution in [1.82, 2.24) is 4.57 Å². The molecule has 1 heterocycles. The summed E-state index contributed by atoms with van der Waals surface area (Å²) in [5.74, 6) is -0.598. The number of carbonyl (C=O) groups excluding carboxylic acids is 1. The summed E-state index contributed by atoms with van der Waals surface area (Å²) >= 11 is 0. The van der Waals surface area contributed by atoms with Crippen LogP contribution in [0.15, 0.2) is 91.1 Å². The minimum absolute atomic E-state index is 0.0375. The number of carboxylic acids is 1. The fraction of sp³-hybridized carbons (Fsp3) is 0.273. The summed E-state index contributed by atoms with van der Waals surface area (Å²) in [6.45, 7) is 4.42. The molecular formula is C33H36N2O4. The third kappa shape index (κ3) is 7.38. The fourth-order valence-electron chi connectivity index (χ4n) is 4.77. The predicted molar refractivity (Wildman–Crippen MR) is 157 cm³/mol. The highest BCUT2D eigenvalue weighted by Crippen LogP contribution is 2.31. The number of anilines is 1. The maximum Gasteiger partial charge on any atom is 0.303 e. The van der Waals surface area contributed by atoms with Crippen LogP contribution in [0, 0.1) is 0 Å². The molecule has 4 aromatic rings. The molecule has 6 heteroatoms. The van der Waals surface area contributed by atoms with Gasteiger partial charge in [-0.05, 0) is 66.8 Å². The summed E-state index contributed by atoms with van der Waals surface area (Å²) in [7, 11) is 0. The molecule has 6 nitrogen and oxygen atoms in total. The molecule has 0 fully saturated rings. The number of fused-ring (bicyclic) bond motifs is 1. The number of aromatic nitrogens is 1. The second-order valence-corrected chi connectivity index (χ2v) is 9.72. The number of hydrogen-bond donors (Lipinski definition) is 2. The highest BCUT2D eigenvalue weighted by molar-refractivity contribution is 6.04. The molecule has 0 aliphatic heterocycles. The van der Waals surface area contributed by atoms with E-state index in [-0.39, 0.29) is 25.0 Å². The van der Waals surface area contributed by atoms with E-state index in [0.29, 0.717) is 17.9 Å². The van der Waals surface area contributed by atoms with Gasteiger partial charge in [0, 0.05) is 29.6 Å². The number of allylic oxidation sites excluding steroid dienone is 1. The Kier molecular flexibility index (Phi) is 9.57. The van der Waals surface area contributed by atoms with Crippen molar-refractivity contribution in [3.63, 3.8) is 0 Å². The van der Waals surface area contributed by atoms with Crippen LogP contribution in [0.1, 0.15) is 63.1 Å². The van der Waals surface area contributed by atoms with E-state index in [1.807, 2.05) is 19.1 Å². The number of nitrogens with one attached hydrogen (secondary N) is 1. The lowest BCUT2D eigenvalue weighted by molar-refractivity contribution is -0.137. The van der Waals surface area contributed by atoms with Crippen LogP contribution in [-0.2, 0) is 9.59 Å². The fourth-order valence-corrected chi connectivity index (χ4v) is 4.77. The number of unbranched alkanes of at least 4 members (excludes halogenated alkanes) is 1. The first-order valence-corrected chi connectivity index (χ1v) is 13.5. The van der Waals surface area contributed by atoms with Gasteiger partial charge in [0.25, 0.3) is 0 Å². The van der Waals surface area contributed by atoms with E-state index in [1.165, 1.54) is 11.1 Å². The maximum absolute atomic E-state index is 12.9. The number of nitrogens with zero attached hydrogens (tertiary/aromatic N) is 1. The average Bonchev–Trinajstić information content (AvgIpc) is 3.35. The highest BCUT2D eigenvalue weighted by atomic mass is 16.5. The Morgan fingerprint density at radius 3 is 2.54 bits per heavy atom. The molecule has 1 aromatic heterocycles. The third-order valence-electron chi connectivity index (χ3n) is 6.81. The molecular weight excluding hydrogens is 488 g/mol. The SMILES string of the molecule is CCCCC(c1ccccc1)n1ccc2cc(/C(C)=C/C(=O)Nc3ccccc3OCCCC(=O)O)ccc21. The molecule has 0 saturated carbocycles. The van der Waals surface area contributed by atoms with Gasteiger partial charge >= 0.3 is 5.97 Å². The molecule has 2 N–H and O–H groups in total. The topological polar surface area (TPSA) is 80.6 Å². The van der Waals surface area contributed by atoms with Crippen molar-refractivity contribution in [2.75, 3.05) is 11.9 Å². The normalized spacial score (nSPS) is 12.3. The van der Waals surface area contributed by atoms with E-state index in [1.54, 1.807) is 18.2 Å². The van der Waals surface area contributed by atoms with Gasteiger partial charge in [0.1, 0.15) is 5.75 Å². The zero-order chi connectivity index (χ0) is 27.6. The molecule has 39 heavy (non-hydrogen) atoms. The summed E-state index contributed by atoms with van der Waals surface area (Å²) in [6, 6.07) is 26.6. The van der Waals surface area contributed by atoms with Crippen molar-refractivity contribution in [1.29, 1.82) is 0 Å². The molecule has 1 unspecified atom stereocenters. The lowest BCUT2D eigenvalue weighted by Crippen LogP contribution is -2.11. The van der Waals surface area contributed by atoms with Gasteiger partial charge in [-0.25, -0.2) is 0 Å². The number of carboxylic acid groups (broad SMARTS) is 1. The Hall–Kier alpha value is -4.32. The molecule has 0 saturated heterocycles. The van der Waals surface area contributed by atoms with Crippen molar-refractivity contribution < 1.29 is 19.4 Å². The molecule has 1 amide bonds. The van der Waals surface area contributed by atoms with Gasteiger partial charge in [-0.15, -0.1) is 0 Å². The highest BCUT2D eigenvalue weighted by Gasteiger charge is 2.16. The van der Waals surface area contributed by atoms with Crippen LogP contribution in [0.4, 0.5) is 5.69 Å². The summed E-state index contributed by atoms with van der Waals surface area (Å²) in [5.41, 5.74) is 4.88. The van der Waals surface area contributed by atoms with Gasteiger partial charge in [0.05, 0.1) is 18.3 Å². The first-order chi connectivity index (χ1) is 19.0. The quantitative estimate of drug-likeness (QED) is 0.139. The summed E-state index contributed by atoms with van der Waals surface area (Å²) in [4.78, 5) is 23.6. The Morgan fingerprint density at radius 1 is 1.00 bits per heavy atom. The van der Waals surface area contributed by atoms with E-state index >= 15 is 0 Å². The molecule has 1 atom stereocenters. The molecule has 0 radical (unpaired) electrons. The van der Waals surface area contributed by atoms with Crippen LogP contribution < -0.4 is 10.1 Å². The van der Waals surface area contributed by atoms with Crippen LogP contribution >= 0.6 is 0 Å². The van der Waals surface area contributed by atoms with Crippen molar-refractivity contribution >= 4 is 34.0 Å². The number of carbonyl (C=O) groups is 2. The Bertz CT molecular complexity index is 1440. The van der Waals surface area contributed by atoms with Gasteiger partial charge < -0.3 is 19.7 Å². The smallest absolute Gasteiger partial charge is 0.303 e. The zero-order valence-corrected chi connectivity index (χ0v) is 22.6. The van der Waals surface area contributed by atoms with Crippen molar-refractivity contribution in [3.8, 4) is 5.75 Å². The monoisotopic (exact) mass is 524 g/mol. The summed E-state index contributed by atoms with van der Waals surface area (Å²) < 4.78 is 8.07. The third-order valence-corrected chi connectivity index (χ3v) is 6.81. The lowest BCUT2D eigenvalue weighted by Gasteiger charge is -2.21. The molecule has 0 spiro atoms. The van der Waals surface area contributed by atoms with E-state index in [0.717, 1.165) is 35.8 Å². The van der Waals surface area contributed by atoms with Crippen LogP contribution in [0.5, 0.6) is 5.75 Å². The van der Waals surface area contributed by atoms with Crippen molar-refractivity contribution in [2.45, 2.75) is 52.0 Å². The number of para-hydroxylation sites is 2. The Balaban J connectivity index is 1.49. The van der Waals surface area contributed by atoms with Crippen LogP contribution in [0.25, 0.3) is 16.5 Å². The molecule has 0 aliphatic carbocycles. The van der Waals surface area contributed by atoms with Crippen molar-refractivity contribution in [3.05, 3.63) is 102 Å². The first-order valence-electron chi connectivity index (χ1n) is 13.5. The van der Waals surface area contributed by atoms with Gasteiger partial charge in [-0.3, -0.25) is 9.59 Å². The van der Waals surface area contributed by atoms with E-state index in [9.17, 15) is 9.59 Å². The Labute approximate surface area is 229 Å². The van der Waals surface area contributed by atoms with Gasteiger partial charge in [0.2, 0.25) is 5.91 Å². The van der Waals surface area contributed by atoms with Crippen LogP contribution in [0.3, 0.4) is 0 Å². The van der Waals surface area contributed by atoms with E-state index < -0.39 is 5.97 Å². The largest absolute Gasteiger partial charge is 0.491 e. The minimum Gasteiger partial charge on any atom is -0.491 e. The minimum atomic E-state index is -0.858. The van der Waals surface area contributed by atoms with Crippen LogP contribution in [-0.4, -0.2) is 28.2 Å². The average molecular weight is 525 g/mol. The number of amides is 1. The number of rotatable bonds is 13.